The molecule has 3 aromatic rings. The van der Waals surface area contributed by atoms with Crippen molar-refractivity contribution in [3.05, 3.63) is 47.0 Å². The van der Waals surface area contributed by atoms with E-state index in [-0.39, 0.29) is 5.82 Å². The Bertz CT molecular complexity index is 943. The van der Waals surface area contributed by atoms with Crippen molar-refractivity contribution < 1.29 is 9.13 Å². The SMILES string of the molecule is CCc1nn2c(N3CCOCC3)c(C)c(C)nc2c1-c1ccc(F)cc1. The van der Waals surface area contributed by atoms with Crippen LogP contribution in [0.5, 0.6) is 0 Å². The number of hydrogen-bond donors (Lipinski definition) is 0. The van der Waals surface area contributed by atoms with Gasteiger partial charge in [-0.15, -0.1) is 0 Å². The van der Waals surface area contributed by atoms with E-state index in [1.165, 1.54) is 12.1 Å². The molecule has 0 bridgehead atoms. The molecule has 3 heterocycles. The smallest absolute Gasteiger partial charge is 0.165 e. The number of rotatable bonds is 3. The van der Waals surface area contributed by atoms with E-state index >= 15 is 0 Å². The van der Waals surface area contributed by atoms with Gasteiger partial charge in [0, 0.05) is 29.9 Å². The third-order valence-corrected chi connectivity index (χ3v) is 5.06. The summed E-state index contributed by atoms with van der Waals surface area (Å²) in [7, 11) is 0. The molecule has 0 atom stereocenters. The van der Waals surface area contributed by atoms with Gasteiger partial charge in [0.2, 0.25) is 0 Å². The van der Waals surface area contributed by atoms with E-state index in [2.05, 4.69) is 18.7 Å². The predicted molar refractivity (Wildman–Crippen MR) is 100 cm³/mol. The van der Waals surface area contributed by atoms with Crippen LogP contribution in [0.2, 0.25) is 0 Å². The molecule has 5 nitrogen and oxygen atoms in total. The van der Waals surface area contributed by atoms with Gasteiger partial charge in [-0.1, -0.05) is 19.1 Å². The molecule has 0 radical (unpaired) electrons. The fourth-order valence-corrected chi connectivity index (χ4v) is 3.57. The van der Waals surface area contributed by atoms with Crippen LogP contribution in [-0.2, 0) is 11.2 Å². The molecule has 0 N–H and O–H groups in total. The van der Waals surface area contributed by atoms with Gasteiger partial charge in [0.05, 0.1) is 18.9 Å². The van der Waals surface area contributed by atoms with Crippen molar-refractivity contribution >= 4 is 11.5 Å². The number of morpholine rings is 1. The lowest BCUT2D eigenvalue weighted by molar-refractivity contribution is 0.122. The van der Waals surface area contributed by atoms with E-state index in [1.807, 2.05) is 11.4 Å². The maximum absolute atomic E-state index is 13.4. The Kier molecular flexibility index (Phi) is 4.36. The average molecular weight is 354 g/mol. The lowest BCUT2D eigenvalue weighted by atomic mass is 10.0. The van der Waals surface area contributed by atoms with Crippen LogP contribution >= 0.6 is 0 Å². The number of aryl methyl sites for hydroxylation is 2. The predicted octanol–water partition coefficient (Wildman–Crippen LogP) is 3.55. The van der Waals surface area contributed by atoms with Gasteiger partial charge < -0.3 is 9.64 Å². The molecule has 136 valence electrons. The maximum atomic E-state index is 13.4. The number of anilines is 1. The zero-order valence-corrected chi connectivity index (χ0v) is 15.4. The second kappa shape index (κ2) is 6.68. The Morgan fingerprint density at radius 3 is 2.46 bits per heavy atom. The molecule has 26 heavy (non-hydrogen) atoms. The first-order valence-corrected chi connectivity index (χ1v) is 9.07. The van der Waals surface area contributed by atoms with Crippen molar-refractivity contribution in [1.29, 1.82) is 0 Å². The Morgan fingerprint density at radius 1 is 1.12 bits per heavy atom. The van der Waals surface area contributed by atoms with Crippen LogP contribution in [0.15, 0.2) is 24.3 Å². The minimum Gasteiger partial charge on any atom is -0.378 e. The molecule has 4 rings (SSSR count). The Morgan fingerprint density at radius 2 is 1.81 bits per heavy atom. The van der Waals surface area contributed by atoms with Crippen molar-refractivity contribution in [2.24, 2.45) is 0 Å². The van der Waals surface area contributed by atoms with Gasteiger partial charge in [-0.2, -0.15) is 9.61 Å². The van der Waals surface area contributed by atoms with Gasteiger partial charge in [-0.05, 0) is 38.0 Å². The zero-order chi connectivity index (χ0) is 18.3. The normalized spacial score (nSPS) is 15.0. The molecule has 2 aromatic heterocycles. The number of fused-ring (bicyclic) bond motifs is 1. The first kappa shape index (κ1) is 17.0. The first-order chi connectivity index (χ1) is 12.6. The molecule has 0 amide bonds. The summed E-state index contributed by atoms with van der Waals surface area (Å²) in [6.45, 7) is 9.33. The highest BCUT2D eigenvalue weighted by Crippen LogP contribution is 2.33. The Hall–Kier alpha value is -2.47. The summed E-state index contributed by atoms with van der Waals surface area (Å²) in [5.41, 5.74) is 5.87. The molecule has 1 aromatic carbocycles. The Labute approximate surface area is 152 Å². The van der Waals surface area contributed by atoms with Crippen molar-refractivity contribution in [1.82, 2.24) is 14.6 Å². The molecule has 0 spiro atoms. The minimum absolute atomic E-state index is 0.239. The number of aromatic nitrogens is 3. The standard InChI is InChI=1S/C20H23FN4O/c1-4-17-18(15-5-7-16(21)8-6-15)19-22-14(3)13(2)20(25(19)23-17)24-9-11-26-12-10-24/h5-8H,4,9-12H2,1-3H3. The molecule has 6 heteroatoms. The van der Waals surface area contributed by atoms with E-state index in [4.69, 9.17) is 14.8 Å². The van der Waals surface area contributed by atoms with Gasteiger partial charge in [0.1, 0.15) is 11.6 Å². The van der Waals surface area contributed by atoms with Crippen molar-refractivity contribution in [2.75, 3.05) is 31.2 Å². The Balaban J connectivity index is 1.98. The van der Waals surface area contributed by atoms with Gasteiger partial charge in [0.25, 0.3) is 0 Å². The fraction of sp³-hybridized carbons (Fsp3) is 0.400. The highest BCUT2D eigenvalue weighted by molar-refractivity contribution is 5.81. The molecular weight excluding hydrogens is 331 g/mol. The number of ether oxygens (including phenoxy) is 1. The molecule has 1 saturated heterocycles. The van der Waals surface area contributed by atoms with Crippen LogP contribution in [0.25, 0.3) is 16.8 Å². The second-order valence-corrected chi connectivity index (χ2v) is 6.66. The molecular formula is C20H23FN4O. The third-order valence-electron chi connectivity index (χ3n) is 5.06. The van der Waals surface area contributed by atoms with E-state index in [1.54, 1.807) is 12.1 Å². The van der Waals surface area contributed by atoms with Crippen LogP contribution in [0.3, 0.4) is 0 Å². The first-order valence-electron chi connectivity index (χ1n) is 9.07. The van der Waals surface area contributed by atoms with Gasteiger partial charge in [-0.3, -0.25) is 0 Å². The number of nitrogens with zero attached hydrogens (tertiary/aromatic N) is 4. The topological polar surface area (TPSA) is 42.7 Å². The van der Waals surface area contributed by atoms with Gasteiger partial charge in [0.15, 0.2) is 5.65 Å². The summed E-state index contributed by atoms with van der Waals surface area (Å²) >= 11 is 0. The summed E-state index contributed by atoms with van der Waals surface area (Å²) in [6.07, 6.45) is 0.788. The summed E-state index contributed by atoms with van der Waals surface area (Å²) in [4.78, 5) is 7.17. The van der Waals surface area contributed by atoms with Crippen LogP contribution in [0.1, 0.15) is 23.9 Å². The van der Waals surface area contributed by atoms with Crippen molar-refractivity contribution in [3.63, 3.8) is 0 Å². The third kappa shape index (κ3) is 2.74. The lowest BCUT2D eigenvalue weighted by Crippen LogP contribution is -2.38. The summed E-state index contributed by atoms with van der Waals surface area (Å²) in [6, 6.07) is 6.58. The van der Waals surface area contributed by atoms with Crippen molar-refractivity contribution in [2.45, 2.75) is 27.2 Å². The number of hydrogen-bond acceptors (Lipinski definition) is 4. The minimum atomic E-state index is -0.239. The molecule has 1 aliphatic heterocycles. The second-order valence-electron chi connectivity index (χ2n) is 6.66. The van der Waals surface area contributed by atoms with E-state index < -0.39 is 0 Å². The highest BCUT2D eigenvalue weighted by atomic mass is 19.1. The van der Waals surface area contributed by atoms with E-state index in [0.717, 1.165) is 72.3 Å². The van der Waals surface area contributed by atoms with Crippen molar-refractivity contribution in [3.8, 4) is 11.1 Å². The lowest BCUT2D eigenvalue weighted by Gasteiger charge is -2.30. The van der Waals surface area contributed by atoms with E-state index in [0.29, 0.717) is 0 Å². The summed E-state index contributed by atoms with van der Waals surface area (Å²) < 4.78 is 20.9. The molecule has 0 saturated carbocycles. The van der Waals surface area contributed by atoms with Crippen LogP contribution in [0, 0.1) is 19.7 Å². The van der Waals surface area contributed by atoms with Gasteiger partial charge in [-0.25, -0.2) is 9.37 Å². The summed E-state index contributed by atoms with van der Waals surface area (Å²) in [5.74, 6) is 0.844. The van der Waals surface area contributed by atoms with Crippen LogP contribution < -0.4 is 4.90 Å². The largest absolute Gasteiger partial charge is 0.378 e. The monoisotopic (exact) mass is 354 g/mol. The highest BCUT2D eigenvalue weighted by Gasteiger charge is 2.23. The maximum Gasteiger partial charge on any atom is 0.165 e. The van der Waals surface area contributed by atoms with Crippen LogP contribution in [0.4, 0.5) is 10.2 Å². The zero-order valence-electron chi connectivity index (χ0n) is 15.4. The molecule has 0 aliphatic carbocycles. The number of halogens is 1. The summed E-state index contributed by atoms with van der Waals surface area (Å²) in [5, 5.41) is 4.88. The quantitative estimate of drug-likeness (QED) is 0.721. The molecule has 1 fully saturated rings. The number of benzene rings is 1. The molecule has 0 unspecified atom stereocenters. The van der Waals surface area contributed by atoms with Gasteiger partial charge >= 0.3 is 0 Å². The molecule has 1 aliphatic rings. The van der Waals surface area contributed by atoms with Crippen LogP contribution in [-0.4, -0.2) is 40.9 Å². The average Bonchev–Trinajstić information content (AvgIpc) is 3.02. The fourth-order valence-electron chi connectivity index (χ4n) is 3.57. The van der Waals surface area contributed by atoms with E-state index in [9.17, 15) is 4.39 Å².